The molecule has 9 nitrogen and oxygen atoms in total. The van der Waals surface area contributed by atoms with Crippen molar-refractivity contribution in [1.29, 1.82) is 0 Å². The Morgan fingerprint density at radius 2 is 1.88 bits per heavy atom. The summed E-state index contributed by atoms with van der Waals surface area (Å²) in [4.78, 5) is 39.1. The lowest BCUT2D eigenvalue weighted by atomic mass is 10.1. The van der Waals surface area contributed by atoms with Gasteiger partial charge in [-0.15, -0.1) is 0 Å². The number of nitrogens with zero attached hydrogens (tertiary/aromatic N) is 3. The smallest absolute Gasteiger partial charge is 0.330 e. The summed E-state index contributed by atoms with van der Waals surface area (Å²) in [6, 6.07) is 10.3. The van der Waals surface area contributed by atoms with Gasteiger partial charge in [-0.05, 0) is 19.1 Å². The Balaban J connectivity index is 0.000000225. The Kier molecular flexibility index (Phi) is 9.54. The number of amides is 2. The maximum Gasteiger partial charge on any atom is 0.330 e. The van der Waals surface area contributed by atoms with Crippen LogP contribution >= 0.6 is 0 Å². The first kappa shape index (κ1) is 26.3. The van der Waals surface area contributed by atoms with Crippen LogP contribution in [0.2, 0.25) is 0 Å². The van der Waals surface area contributed by atoms with E-state index >= 15 is 0 Å². The molecule has 1 atom stereocenters. The maximum absolute atomic E-state index is 13.5. The van der Waals surface area contributed by atoms with Crippen molar-refractivity contribution in [3.05, 3.63) is 59.9 Å². The molecule has 0 bridgehead atoms. The number of Topliss-reactive ketones (excluding diaryl/α,β-unsaturated/α-hetero) is 1. The van der Waals surface area contributed by atoms with Gasteiger partial charge in [0.2, 0.25) is 6.41 Å². The fraction of sp³-hybridized carbons (Fsp3) is 0.333. The van der Waals surface area contributed by atoms with E-state index in [1.807, 2.05) is 19.9 Å². The Morgan fingerprint density at radius 1 is 1.21 bits per heavy atom. The average Bonchev–Trinajstić information content (AvgIpc) is 3.33. The largest absolute Gasteiger partial charge is 0.496 e. The minimum atomic E-state index is -1.41. The molecular formula is C24H30FN4O5+. The lowest BCUT2D eigenvalue weighted by molar-refractivity contribution is -0.885. The molecule has 34 heavy (non-hydrogen) atoms. The molecule has 182 valence electrons. The third-order valence-electron chi connectivity index (χ3n) is 5.10. The van der Waals surface area contributed by atoms with Gasteiger partial charge in [-0.2, -0.15) is 0 Å². The summed E-state index contributed by atoms with van der Waals surface area (Å²) in [7, 11) is 1.52. The molecule has 2 amide bonds. The minimum Gasteiger partial charge on any atom is -0.496 e. The molecule has 1 aliphatic rings. The molecule has 0 spiro atoms. The van der Waals surface area contributed by atoms with Gasteiger partial charge >= 0.3 is 5.65 Å². The molecule has 0 radical (unpaired) electrons. The van der Waals surface area contributed by atoms with Crippen LogP contribution in [-0.4, -0.2) is 71.1 Å². The summed E-state index contributed by atoms with van der Waals surface area (Å²) in [5.41, 5.74) is 1.49. The molecule has 4 rings (SSSR count). The number of aromatic amines is 1. The number of hydrogen-bond acceptors (Lipinski definition) is 5. The van der Waals surface area contributed by atoms with Crippen LogP contribution in [0.15, 0.2) is 48.8 Å². The van der Waals surface area contributed by atoms with Crippen molar-refractivity contribution in [3.63, 3.8) is 0 Å². The second-order valence-electron chi connectivity index (χ2n) is 7.11. The fourth-order valence-electron chi connectivity index (χ4n) is 3.41. The summed E-state index contributed by atoms with van der Waals surface area (Å²) < 4.78 is 19.5. The van der Waals surface area contributed by atoms with E-state index in [0.29, 0.717) is 40.9 Å². The van der Waals surface area contributed by atoms with Crippen LogP contribution in [0.5, 0.6) is 5.75 Å². The van der Waals surface area contributed by atoms with Crippen LogP contribution in [0.25, 0.3) is 11.0 Å². The normalized spacial score (nSPS) is 14.9. The van der Waals surface area contributed by atoms with E-state index in [9.17, 15) is 24.0 Å². The number of piperazine rings is 1. The third kappa shape index (κ3) is 5.89. The predicted octanol–water partition coefficient (Wildman–Crippen LogP) is 2.83. The topological polar surface area (TPSA) is 107 Å². The van der Waals surface area contributed by atoms with E-state index in [0.717, 1.165) is 9.63 Å². The van der Waals surface area contributed by atoms with Crippen molar-refractivity contribution in [2.75, 3.05) is 26.7 Å². The number of ketones is 1. The first-order valence-electron chi connectivity index (χ1n) is 10.9. The molecule has 1 aliphatic heterocycles. The number of pyridine rings is 1. The van der Waals surface area contributed by atoms with E-state index in [1.54, 1.807) is 36.5 Å². The zero-order valence-corrected chi connectivity index (χ0v) is 19.7. The summed E-state index contributed by atoms with van der Waals surface area (Å²) >= 11 is 0. The van der Waals surface area contributed by atoms with Gasteiger partial charge in [0.1, 0.15) is 23.5 Å². The van der Waals surface area contributed by atoms with Gasteiger partial charge < -0.3 is 19.7 Å². The van der Waals surface area contributed by atoms with Crippen LogP contribution in [0, 0.1) is 0 Å². The highest BCUT2D eigenvalue weighted by Gasteiger charge is 2.28. The van der Waals surface area contributed by atoms with Crippen LogP contribution in [0.3, 0.4) is 0 Å². The van der Waals surface area contributed by atoms with E-state index in [1.165, 1.54) is 25.1 Å². The number of methoxy groups -OCH3 is 1. The quantitative estimate of drug-likeness (QED) is 0.199. The lowest BCUT2D eigenvalue weighted by Crippen LogP contribution is -2.52. The molecule has 3 heterocycles. The van der Waals surface area contributed by atoms with Crippen molar-refractivity contribution in [3.8, 4) is 5.75 Å². The van der Waals surface area contributed by atoms with Gasteiger partial charge in [0, 0.05) is 24.7 Å². The van der Waals surface area contributed by atoms with Crippen LogP contribution in [-0.2, 0) is 4.79 Å². The van der Waals surface area contributed by atoms with Gasteiger partial charge in [0.15, 0.2) is 12.1 Å². The highest BCUT2D eigenvalue weighted by atomic mass is 19.1. The van der Waals surface area contributed by atoms with Gasteiger partial charge in [0.25, 0.3) is 5.91 Å². The van der Waals surface area contributed by atoms with Crippen molar-refractivity contribution in [1.82, 2.24) is 14.8 Å². The number of rotatable bonds is 4. The summed E-state index contributed by atoms with van der Waals surface area (Å²) in [6.07, 6.45) is 2.08. The first-order chi connectivity index (χ1) is 16.4. The average molecular weight is 474 g/mol. The molecule has 1 aromatic carbocycles. The molecule has 10 heteroatoms. The van der Waals surface area contributed by atoms with E-state index in [2.05, 4.69) is 4.98 Å². The summed E-state index contributed by atoms with van der Waals surface area (Å²) in [6.45, 7) is 6.01. The van der Waals surface area contributed by atoms with E-state index in [4.69, 9.17) is 4.74 Å². The fourth-order valence-corrected chi connectivity index (χ4v) is 3.41. The Hall–Kier alpha value is -3.95. The molecule has 2 N–H and O–H groups in total. The number of carbonyl (C=O) groups excluding carboxylic acids is 3. The van der Waals surface area contributed by atoms with Crippen molar-refractivity contribution < 1.29 is 33.4 Å². The number of aromatic nitrogens is 2. The number of carbonyl (C=O) groups is 3. The highest BCUT2D eigenvalue weighted by Crippen LogP contribution is 2.26. The van der Waals surface area contributed by atoms with Crippen molar-refractivity contribution >= 4 is 29.1 Å². The van der Waals surface area contributed by atoms with E-state index < -0.39 is 6.30 Å². The second kappa shape index (κ2) is 12.3. The Bertz CT molecular complexity index is 1120. The minimum absolute atomic E-state index is 0.0630. The number of fused-ring (bicyclic) bond motifs is 1. The predicted molar refractivity (Wildman–Crippen MR) is 124 cm³/mol. The molecule has 0 aliphatic carbocycles. The number of nitrogens with one attached hydrogen (secondary N) is 1. The SMILES string of the molecule is CC.COc1cc[n+](O)c2[nH]cc(C(C)=O)c12.O=CN1CCN(C(=O)c2ccccc2)CC1F. The second-order valence-corrected chi connectivity index (χ2v) is 7.11. The van der Waals surface area contributed by atoms with Gasteiger partial charge in [-0.25, -0.2) is 9.37 Å². The summed E-state index contributed by atoms with van der Waals surface area (Å²) in [5.74, 6) is 0.284. The monoisotopic (exact) mass is 473 g/mol. The van der Waals surface area contributed by atoms with Crippen molar-refractivity contribution in [2.24, 2.45) is 0 Å². The van der Waals surface area contributed by atoms with Crippen LogP contribution < -0.4 is 9.47 Å². The number of benzene rings is 1. The molecular weight excluding hydrogens is 443 g/mol. The van der Waals surface area contributed by atoms with Crippen LogP contribution in [0.4, 0.5) is 4.39 Å². The van der Waals surface area contributed by atoms with Gasteiger partial charge in [-0.1, -0.05) is 36.8 Å². The molecule has 1 fully saturated rings. The highest BCUT2D eigenvalue weighted by molar-refractivity contribution is 6.07. The number of ether oxygens (including phenoxy) is 1. The third-order valence-corrected chi connectivity index (χ3v) is 5.10. The zero-order valence-electron chi connectivity index (χ0n) is 19.7. The number of hydrogen-bond donors (Lipinski definition) is 2. The maximum atomic E-state index is 13.5. The Labute approximate surface area is 197 Å². The number of H-pyrrole nitrogens is 1. The number of halogens is 1. The molecule has 3 aromatic rings. The van der Waals surface area contributed by atoms with E-state index in [-0.39, 0.29) is 24.8 Å². The van der Waals surface area contributed by atoms with Crippen LogP contribution in [0.1, 0.15) is 41.5 Å². The molecule has 0 saturated carbocycles. The standard InChI is InChI=1S/C12H13FN2O2.C10H10N2O3.C2H6/c13-11-8-14(6-7-15(11)9-16)12(17)10-4-2-1-3-5-10;1-6(13)7-5-11-10-9(7)8(15-2)3-4-12(10)14;1-2/h1-5,9,11H,6-8H2;3-5,14H,1-2H3;1-2H3/p+1. The zero-order chi connectivity index (χ0) is 25.3. The summed E-state index contributed by atoms with van der Waals surface area (Å²) in [5, 5.41) is 10.1. The molecule has 1 unspecified atom stereocenters. The van der Waals surface area contributed by atoms with Gasteiger partial charge in [-0.3, -0.25) is 14.4 Å². The lowest BCUT2D eigenvalue weighted by Gasteiger charge is -2.35. The molecule has 1 saturated heterocycles. The molecule has 2 aromatic heterocycles. The number of alkyl halides is 1. The van der Waals surface area contributed by atoms with Crippen molar-refractivity contribution in [2.45, 2.75) is 27.1 Å². The first-order valence-corrected chi connectivity index (χ1v) is 10.9. The Morgan fingerprint density at radius 3 is 2.44 bits per heavy atom. The van der Waals surface area contributed by atoms with Gasteiger partial charge in [0.05, 0.1) is 19.2 Å².